The summed E-state index contributed by atoms with van der Waals surface area (Å²) in [5.74, 6) is -0.0629. The third kappa shape index (κ3) is 3.94. The highest BCUT2D eigenvalue weighted by atomic mass is 79.9. The van der Waals surface area contributed by atoms with Crippen molar-refractivity contribution in [2.45, 2.75) is 0 Å². The minimum Gasteiger partial charge on any atom is -0.360 e. The van der Waals surface area contributed by atoms with Gasteiger partial charge in [0.15, 0.2) is 5.78 Å². The lowest BCUT2D eigenvalue weighted by atomic mass is 10.1. The number of hydrogen-bond donors (Lipinski definition) is 1. The van der Waals surface area contributed by atoms with E-state index in [1.54, 1.807) is 24.4 Å². The number of ketones is 1. The van der Waals surface area contributed by atoms with E-state index in [0.717, 1.165) is 10.2 Å². The van der Waals surface area contributed by atoms with Gasteiger partial charge in [0.05, 0.1) is 10.7 Å². The molecule has 0 heterocycles. The van der Waals surface area contributed by atoms with Gasteiger partial charge in [0.2, 0.25) is 0 Å². The standard InChI is InChI=1S/C15H11BrClNO/c16-12-7-5-11(6-8-12)15(19)9-10-18-14-4-2-1-3-13(14)17/h1-10,18H/b10-9+. The summed E-state index contributed by atoms with van der Waals surface area (Å²) in [6, 6.07) is 14.6. The molecule has 0 aliphatic heterocycles. The number of rotatable bonds is 4. The fraction of sp³-hybridized carbons (Fsp3) is 0. The summed E-state index contributed by atoms with van der Waals surface area (Å²) in [5, 5.41) is 3.60. The van der Waals surface area contributed by atoms with E-state index in [2.05, 4.69) is 21.2 Å². The molecule has 0 spiro atoms. The molecule has 2 nitrogen and oxygen atoms in total. The molecule has 4 heteroatoms. The van der Waals surface area contributed by atoms with E-state index in [-0.39, 0.29) is 5.78 Å². The van der Waals surface area contributed by atoms with Crippen molar-refractivity contribution >= 4 is 39.0 Å². The molecule has 0 bridgehead atoms. The van der Waals surface area contributed by atoms with Crippen LogP contribution in [0, 0.1) is 0 Å². The monoisotopic (exact) mass is 335 g/mol. The topological polar surface area (TPSA) is 29.1 Å². The number of para-hydroxylation sites is 1. The first kappa shape index (κ1) is 13.8. The molecular formula is C15H11BrClNO. The Morgan fingerprint density at radius 2 is 1.79 bits per heavy atom. The zero-order valence-corrected chi connectivity index (χ0v) is 12.3. The van der Waals surface area contributed by atoms with Gasteiger partial charge in [-0.15, -0.1) is 0 Å². The van der Waals surface area contributed by atoms with Crippen LogP contribution in [0.4, 0.5) is 5.69 Å². The van der Waals surface area contributed by atoms with Crippen molar-refractivity contribution in [2.24, 2.45) is 0 Å². The number of hydrogen-bond acceptors (Lipinski definition) is 2. The minimum absolute atomic E-state index is 0.0629. The first-order chi connectivity index (χ1) is 9.16. The second-order valence-electron chi connectivity index (χ2n) is 3.83. The van der Waals surface area contributed by atoms with Crippen molar-refractivity contribution in [3.63, 3.8) is 0 Å². The fourth-order valence-corrected chi connectivity index (χ4v) is 1.95. The summed E-state index contributed by atoms with van der Waals surface area (Å²) in [6.07, 6.45) is 3.07. The molecule has 0 fully saturated rings. The summed E-state index contributed by atoms with van der Waals surface area (Å²) in [6.45, 7) is 0. The van der Waals surface area contributed by atoms with Crippen LogP contribution in [0.2, 0.25) is 5.02 Å². The highest BCUT2D eigenvalue weighted by Gasteiger charge is 2.01. The molecule has 0 unspecified atom stereocenters. The molecule has 0 saturated heterocycles. The molecule has 2 aromatic rings. The summed E-state index contributed by atoms with van der Waals surface area (Å²) in [7, 11) is 0. The summed E-state index contributed by atoms with van der Waals surface area (Å²) in [5.41, 5.74) is 1.41. The number of allylic oxidation sites excluding steroid dienone is 1. The van der Waals surface area contributed by atoms with Crippen LogP contribution >= 0.6 is 27.5 Å². The number of halogens is 2. The summed E-state index contributed by atoms with van der Waals surface area (Å²) in [4.78, 5) is 11.9. The Kier molecular flexibility index (Phi) is 4.77. The van der Waals surface area contributed by atoms with Gasteiger partial charge < -0.3 is 5.32 Å². The van der Waals surface area contributed by atoms with Gasteiger partial charge in [-0.2, -0.15) is 0 Å². The normalized spacial score (nSPS) is 10.6. The smallest absolute Gasteiger partial charge is 0.187 e. The highest BCUT2D eigenvalue weighted by molar-refractivity contribution is 9.10. The highest BCUT2D eigenvalue weighted by Crippen LogP contribution is 2.20. The van der Waals surface area contributed by atoms with Gasteiger partial charge in [-0.05, 0) is 36.4 Å². The average molecular weight is 337 g/mol. The van der Waals surface area contributed by atoms with E-state index in [1.807, 2.05) is 30.3 Å². The van der Waals surface area contributed by atoms with Crippen molar-refractivity contribution in [1.29, 1.82) is 0 Å². The number of carbonyl (C=O) groups is 1. The Morgan fingerprint density at radius 1 is 1.11 bits per heavy atom. The van der Waals surface area contributed by atoms with Gasteiger partial charge in [0.1, 0.15) is 0 Å². The lowest BCUT2D eigenvalue weighted by molar-refractivity contribution is 0.104. The largest absolute Gasteiger partial charge is 0.360 e. The zero-order valence-electron chi connectivity index (χ0n) is 9.94. The molecule has 0 radical (unpaired) electrons. The van der Waals surface area contributed by atoms with E-state index in [1.165, 1.54) is 6.08 Å². The molecule has 0 atom stereocenters. The third-order valence-corrected chi connectivity index (χ3v) is 3.33. The van der Waals surface area contributed by atoms with Crippen LogP contribution in [-0.4, -0.2) is 5.78 Å². The van der Waals surface area contributed by atoms with E-state index in [4.69, 9.17) is 11.6 Å². The Balaban J connectivity index is 2.01. The number of anilines is 1. The molecule has 2 rings (SSSR count). The fourth-order valence-electron chi connectivity index (χ4n) is 1.50. The third-order valence-electron chi connectivity index (χ3n) is 2.48. The predicted octanol–water partition coefficient (Wildman–Crippen LogP) is 4.91. The molecule has 0 aliphatic rings. The summed E-state index contributed by atoms with van der Waals surface area (Å²) < 4.78 is 0.947. The number of nitrogens with one attached hydrogen (secondary N) is 1. The van der Waals surface area contributed by atoms with Crippen LogP contribution in [0.1, 0.15) is 10.4 Å². The first-order valence-corrected chi connectivity index (χ1v) is 6.81. The molecular weight excluding hydrogens is 326 g/mol. The van der Waals surface area contributed by atoms with E-state index in [9.17, 15) is 4.79 Å². The predicted molar refractivity (Wildman–Crippen MR) is 82.7 cm³/mol. The molecule has 0 aliphatic carbocycles. The molecule has 96 valence electrons. The van der Waals surface area contributed by atoms with Gasteiger partial charge in [-0.3, -0.25) is 4.79 Å². The molecule has 0 saturated carbocycles. The molecule has 1 N–H and O–H groups in total. The van der Waals surface area contributed by atoms with Crippen LogP contribution in [0.25, 0.3) is 0 Å². The van der Waals surface area contributed by atoms with Crippen molar-refractivity contribution < 1.29 is 4.79 Å². The van der Waals surface area contributed by atoms with Crippen molar-refractivity contribution in [2.75, 3.05) is 5.32 Å². The molecule has 19 heavy (non-hydrogen) atoms. The van der Waals surface area contributed by atoms with Crippen molar-refractivity contribution in [1.82, 2.24) is 0 Å². The Morgan fingerprint density at radius 3 is 2.47 bits per heavy atom. The van der Waals surface area contributed by atoms with E-state index >= 15 is 0 Å². The van der Waals surface area contributed by atoms with Crippen LogP contribution in [0.3, 0.4) is 0 Å². The zero-order chi connectivity index (χ0) is 13.7. The van der Waals surface area contributed by atoms with Crippen LogP contribution in [0.5, 0.6) is 0 Å². The van der Waals surface area contributed by atoms with Gasteiger partial charge >= 0.3 is 0 Å². The van der Waals surface area contributed by atoms with Gasteiger partial charge in [0, 0.05) is 22.3 Å². The van der Waals surface area contributed by atoms with Crippen molar-refractivity contribution in [3.05, 3.63) is 75.9 Å². The number of benzene rings is 2. The Bertz CT molecular complexity index is 608. The lowest BCUT2D eigenvalue weighted by Crippen LogP contribution is -1.96. The van der Waals surface area contributed by atoms with Crippen LogP contribution in [-0.2, 0) is 0 Å². The van der Waals surface area contributed by atoms with Gasteiger partial charge in [-0.25, -0.2) is 0 Å². The maximum Gasteiger partial charge on any atom is 0.187 e. The maximum atomic E-state index is 11.9. The summed E-state index contributed by atoms with van der Waals surface area (Å²) >= 11 is 9.32. The maximum absolute atomic E-state index is 11.9. The van der Waals surface area contributed by atoms with Crippen molar-refractivity contribution in [3.8, 4) is 0 Å². The van der Waals surface area contributed by atoms with Crippen LogP contribution < -0.4 is 5.32 Å². The Labute approximate surface area is 125 Å². The van der Waals surface area contributed by atoms with Gasteiger partial charge in [-0.1, -0.05) is 39.7 Å². The first-order valence-electron chi connectivity index (χ1n) is 5.64. The molecule has 2 aromatic carbocycles. The number of carbonyl (C=O) groups excluding carboxylic acids is 1. The quantitative estimate of drug-likeness (QED) is 0.635. The lowest BCUT2D eigenvalue weighted by Gasteiger charge is -2.02. The molecule has 0 amide bonds. The second-order valence-corrected chi connectivity index (χ2v) is 5.15. The average Bonchev–Trinajstić information content (AvgIpc) is 2.41. The second kappa shape index (κ2) is 6.55. The van der Waals surface area contributed by atoms with Gasteiger partial charge in [0.25, 0.3) is 0 Å². The SMILES string of the molecule is O=C(/C=C/Nc1ccccc1Cl)c1ccc(Br)cc1. The van der Waals surface area contributed by atoms with E-state index in [0.29, 0.717) is 10.6 Å². The van der Waals surface area contributed by atoms with Crippen LogP contribution in [0.15, 0.2) is 65.3 Å². The van der Waals surface area contributed by atoms with E-state index < -0.39 is 0 Å². The minimum atomic E-state index is -0.0629. The Hall–Kier alpha value is -1.58. The molecule has 0 aromatic heterocycles.